The maximum Gasteiger partial charge on any atom is 0.490 e. The second-order valence-electron chi connectivity index (χ2n) is 8.30. The van der Waals surface area contributed by atoms with E-state index in [1.165, 1.54) is 12.2 Å². The molecular formula is C23H29F3N6O9. The molecule has 0 saturated heterocycles. The predicted octanol–water partition coefficient (Wildman–Crippen LogP) is -0.0604. The minimum atomic E-state index is -5.08. The third-order valence-electron chi connectivity index (χ3n) is 4.54. The first-order chi connectivity index (χ1) is 18.8. The molecule has 226 valence electrons. The van der Waals surface area contributed by atoms with Gasteiger partial charge in [0.1, 0.15) is 12.1 Å². The zero-order valence-corrected chi connectivity index (χ0v) is 21.6. The first-order valence-electron chi connectivity index (χ1n) is 11.3. The van der Waals surface area contributed by atoms with E-state index < -0.39 is 72.8 Å². The van der Waals surface area contributed by atoms with Crippen molar-refractivity contribution in [2.75, 3.05) is 11.9 Å². The Balaban J connectivity index is 0.00000201. The van der Waals surface area contributed by atoms with E-state index in [9.17, 15) is 42.3 Å². The molecule has 0 aliphatic heterocycles. The number of nitrogens with two attached hydrogens (primary N) is 1. The van der Waals surface area contributed by atoms with Gasteiger partial charge in [-0.3, -0.25) is 24.6 Å². The molecular weight excluding hydrogens is 561 g/mol. The number of carboxylic acid groups (broad SMARTS) is 3. The number of rotatable bonds is 12. The molecule has 1 aromatic carbocycles. The van der Waals surface area contributed by atoms with E-state index in [1.807, 2.05) is 0 Å². The molecule has 0 bridgehead atoms. The Bertz CT molecular complexity index is 1150. The fourth-order valence-electron chi connectivity index (χ4n) is 2.63. The highest BCUT2D eigenvalue weighted by molar-refractivity contribution is 5.96. The minimum Gasteiger partial charge on any atom is -0.481 e. The van der Waals surface area contributed by atoms with E-state index in [1.54, 1.807) is 38.1 Å². The summed E-state index contributed by atoms with van der Waals surface area (Å²) < 4.78 is 31.7. The number of aliphatic carboxylic acids is 3. The van der Waals surface area contributed by atoms with Crippen LogP contribution in [0.3, 0.4) is 0 Å². The third-order valence-corrected chi connectivity index (χ3v) is 4.54. The smallest absolute Gasteiger partial charge is 0.481 e. The molecule has 0 radical (unpaired) electrons. The lowest BCUT2D eigenvalue weighted by molar-refractivity contribution is -0.192. The largest absolute Gasteiger partial charge is 0.490 e. The van der Waals surface area contributed by atoms with E-state index in [-0.39, 0.29) is 5.96 Å². The van der Waals surface area contributed by atoms with Crippen LogP contribution in [0, 0.1) is 11.3 Å². The molecule has 0 unspecified atom stereocenters. The lowest BCUT2D eigenvalue weighted by Gasteiger charge is -2.22. The van der Waals surface area contributed by atoms with Crippen LogP contribution in [0.1, 0.15) is 25.8 Å². The van der Waals surface area contributed by atoms with Gasteiger partial charge in [-0.2, -0.15) is 13.2 Å². The van der Waals surface area contributed by atoms with Gasteiger partial charge in [-0.15, -0.1) is 0 Å². The quantitative estimate of drug-likeness (QED) is 0.0884. The van der Waals surface area contributed by atoms with E-state index in [2.05, 4.69) is 21.3 Å². The van der Waals surface area contributed by atoms with Crippen LogP contribution in [0.4, 0.5) is 18.9 Å². The summed E-state index contributed by atoms with van der Waals surface area (Å²) in [5.74, 6) is -8.55. The van der Waals surface area contributed by atoms with Crippen molar-refractivity contribution < 1.29 is 57.3 Å². The molecule has 18 heteroatoms. The van der Waals surface area contributed by atoms with E-state index >= 15 is 0 Å². The molecule has 0 saturated carbocycles. The van der Waals surface area contributed by atoms with Crippen molar-refractivity contribution in [2.24, 2.45) is 11.7 Å². The minimum absolute atomic E-state index is 0.217. The predicted molar refractivity (Wildman–Crippen MR) is 136 cm³/mol. The van der Waals surface area contributed by atoms with Gasteiger partial charge in [0.25, 0.3) is 0 Å². The van der Waals surface area contributed by atoms with Gasteiger partial charge >= 0.3 is 24.1 Å². The van der Waals surface area contributed by atoms with Crippen LogP contribution in [0.25, 0.3) is 6.08 Å². The molecule has 2 atom stereocenters. The summed E-state index contributed by atoms with van der Waals surface area (Å²) in [5.41, 5.74) is 6.48. The van der Waals surface area contributed by atoms with Crippen molar-refractivity contribution >= 4 is 53.4 Å². The molecule has 10 N–H and O–H groups in total. The SMILES string of the molecule is CC(C)[C@H](NC(=O)[C@H](CC(=O)O)NC(=O)CNC(=O)C=Cc1ccc(NC(=N)N)cc1)C(=O)O.O=C(O)C(F)(F)F. The summed E-state index contributed by atoms with van der Waals surface area (Å²) in [6.07, 6.45) is -3.21. The summed E-state index contributed by atoms with van der Waals surface area (Å²) in [7, 11) is 0. The summed E-state index contributed by atoms with van der Waals surface area (Å²) in [4.78, 5) is 67.6. The Morgan fingerprint density at radius 3 is 1.95 bits per heavy atom. The average molecular weight is 591 g/mol. The van der Waals surface area contributed by atoms with Gasteiger partial charge < -0.3 is 42.3 Å². The fourth-order valence-corrected chi connectivity index (χ4v) is 2.63. The van der Waals surface area contributed by atoms with Crippen LogP contribution in [0.2, 0.25) is 0 Å². The third kappa shape index (κ3) is 15.8. The zero-order valence-electron chi connectivity index (χ0n) is 21.6. The molecule has 0 aromatic heterocycles. The number of carboxylic acids is 3. The van der Waals surface area contributed by atoms with Crippen LogP contribution in [0.15, 0.2) is 30.3 Å². The number of amides is 3. The van der Waals surface area contributed by atoms with Crippen LogP contribution in [-0.4, -0.2) is 81.7 Å². The van der Waals surface area contributed by atoms with Gasteiger partial charge in [-0.1, -0.05) is 26.0 Å². The number of hydrogen-bond acceptors (Lipinski definition) is 7. The van der Waals surface area contributed by atoms with Gasteiger partial charge in [0.15, 0.2) is 5.96 Å². The second kappa shape index (κ2) is 16.7. The first-order valence-corrected chi connectivity index (χ1v) is 11.3. The normalized spacial score (nSPS) is 12.2. The summed E-state index contributed by atoms with van der Waals surface area (Å²) in [6.45, 7) is 2.58. The molecule has 1 rings (SSSR count). The van der Waals surface area contributed by atoms with Crippen LogP contribution in [-0.2, 0) is 28.8 Å². The molecule has 0 fully saturated rings. The molecule has 41 heavy (non-hydrogen) atoms. The van der Waals surface area contributed by atoms with Crippen molar-refractivity contribution in [3.8, 4) is 0 Å². The Labute approximate surface area is 230 Å². The number of benzene rings is 1. The Morgan fingerprint density at radius 1 is 1.00 bits per heavy atom. The van der Waals surface area contributed by atoms with Gasteiger partial charge in [-0.05, 0) is 29.7 Å². The lowest BCUT2D eigenvalue weighted by atomic mass is 10.0. The number of carbonyl (C=O) groups is 6. The summed E-state index contributed by atoms with van der Waals surface area (Å²) in [6, 6.07) is 3.83. The standard InChI is InChI=1S/C21H28N6O7.C2HF3O2/c1-11(2)18(20(33)34)27-19(32)14(9-17(30)31)26-16(29)10-24-15(28)8-5-12-3-6-13(7-4-12)25-21(22)23;3-2(4,5)1(6)7/h3-8,11,14,18H,9-10H2,1-2H3,(H,24,28)(H,26,29)(H,27,32)(H,30,31)(H,33,34)(H4,22,23,25);(H,6,7)/t14-,18-;/m0./s1. The van der Waals surface area contributed by atoms with Gasteiger partial charge in [0.2, 0.25) is 17.7 Å². The number of hydrogen-bond donors (Lipinski definition) is 9. The molecule has 1 aromatic rings. The van der Waals surface area contributed by atoms with Crippen LogP contribution < -0.4 is 27.0 Å². The zero-order chi connectivity index (χ0) is 31.9. The highest BCUT2D eigenvalue weighted by Gasteiger charge is 2.38. The average Bonchev–Trinajstić information content (AvgIpc) is 2.83. The van der Waals surface area contributed by atoms with Gasteiger partial charge in [0, 0.05) is 11.8 Å². The highest BCUT2D eigenvalue weighted by Crippen LogP contribution is 2.13. The molecule has 0 heterocycles. The number of alkyl halides is 3. The summed E-state index contributed by atoms with van der Waals surface area (Å²) >= 11 is 0. The van der Waals surface area contributed by atoms with Crippen LogP contribution >= 0.6 is 0 Å². The molecule has 15 nitrogen and oxygen atoms in total. The number of guanidine groups is 1. The van der Waals surface area contributed by atoms with E-state index in [0.29, 0.717) is 11.3 Å². The molecule has 0 spiro atoms. The molecule has 3 amide bonds. The number of nitrogens with one attached hydrogen (secondary N) is 5. The fraction of sp³-hybridized carbons (Fsp3) is 0.348. The number of carbonyl (C=O) groups excluding carboxylic acids is 3. The van der Waals surface area contributed by atoms with Gasteiger partial charge in [0.05, 0.1) is 13.0 Å². The van der Waals surface area contributed by atoms with Crippen molar-refractivity contribution in [1.82, 2.24) is 16.0 Å². The van der Waals surface area contributed by atoms with Crippen molar-refractivity contribution in [2.45, 2.75) is 38.5 Å². The topological polar surface area (TPSA) is 261 Å². The second-order valence-corrected chi connectivity index (χ2v) is 8.30. The Kier molecular flexibility index (Phi) is 14.6. The van der Waals surface area contributed by atoms with Crippen molar-refractivity contribution in [3.63, 3.8) is 0 Å². The number of halogens is 3. The van der Waals surface area contributed by atoms with Crippen LogP contribution in [0.5, 0.6) is 0 Å². The number of anilines is 1. The van der Waals surface area contributed by atoms with E-state index in [0.717, 1.165) is 0 Å². The Morgan fingerprint density at radius 2 is 1.54 bits per heavy atom. The Hall–Kier alpha value is -5.16. The first kappa shape index (κ1) is 35.8. The van der Waals surface area contributed by atoms with Gasteiger partial charge in [-0.25, -0.2) is 9.59 Å². The maximum atomic E-state index is 12.3. The van der Waals surface area contributed by atoms with Crippen molar-refractivity contribution in [1.29, 1.82) is 5.41 Å². The lowest BCUT2D eigenvalue weighted by Crippen LogP contribution is -2.54. The molecule has 0 aliphatic carbocycles. The monoisotopic (exact) mass is 590 g/mol. The van der Waals surface area contributed by atoms with E-state index in [4.69, 9.17) is 26.2 Å². The summed E-state index contributed by atoms with van der Waals surface area (Å²) in [5, 5.41) is 41.8. The van der Waals surface area contributed by atoms with Crippen molar-refractivity contribution in [3.05, 3.63) is 35.9 Å². The highest BCUT2D eigenvalue weighted by atomic mass is 19.4. The molecule has 0 aliphatic rings. The maximum absolute atomic E-state index is 12.3.